The molecule has 2 nitrogen and oxygen atoms in total. The van der Waals surface area contributed by atoms with Crippen molar-refractivity contribution in [2.75, 3.05) is 18.5 Å². The van der Waals surface area contributed by atoms with Gasteiger partial charge in [-0.1, -0.05) is 32.9 Å². The molecule has 1 atom stereocenters. The second-order valence-corrected chi connectivity index (χ2v) is 5.32. The summed E-state index contributed by atoms with van der Waals surface area (Å²) in [4.78, 5) is 2.27. The van der Waals surface area contributed by atoms with Gasteiger partial charge in [-0.2, -0.15) is 0 Å². The van der Waals surface area contributed by atoms with Crippen molar-refractivity contribution in [3.05, 3.63) is 24.3 Å². The normalized spacial score (nSPS) is 20.8. The molecule has 1 aliphatic heterocycles. The fourth-order valence-corrected chi connectivity index (χ4v) is 1.86. The van der Waals surface area contributed by atoms with Crippen molar-refractivity contribution in [1.29, 1.82) is 0 Å². The van der Waals surface area contributed by atoms with E-state index >= 15 is 0 Å². The molecule has 0 spiro atoms. The molecule has 2 heteroatoms. The Morgan fingerprint density at radius 2 is 1.93 bits per heavy atom. The molecular weight excluding hydrogens is 186 g/mol. The first kappa shape index (κ1) is 10.3. The Hall–Kier alpha value is -1.18. The third-order valence-electron chi connectivity index (χ3n) is 2.95. The molecule has 1 aromatic carbocycles. The van der Waals surface area contributed by atoms with Crippen molar-refractivity contribution >= 4 is 5.69 Å². The molecule has 0 saturated carbocycles. The van der Waals surface area contributed by atoms with E-state index in [4.69, 9.17) is 4.74 Å². The van der Waals surface area contributed by atoms with Crippen molar-refractivity contribution in [2.45, 2.75) is 26.9 Å². The molecule has 0 bridgehead atoms. The second kappa shape index (κ2) is 3.44. The minimum Gasteiger partial charge on any atom is -0.486 e. The Morgan fingerprint density at radius 1 is 1.27 bits per heavy atom. The highest BCUT2D eigenvalue weighted by Gasteiger charge is 2.32. The highest BCUT2D eigenvalue weighted by molar-refractivity contribution is 5.59. The molecule has 0 saturated heterocycles. The van der Waals surface area contributed by atoms with E-state index in [2.05, 4.69) is 44.9 Å². The summed E-state index contributed by atoms with van der Waals surface area (Å²) in [5.41, 5.74) is 1.37. The third kappa shape index (κ3) is 1.94. The van der Waals surface area contributed by atoms with Crippen molar-refractivity contribution < 1.29 is 4.74 Å². The van der Waals surface area contributed by atoms with Crippen molar-refractivity contribution in [1.82, 2.24) is 0 Å². The summed E-state index contributed by atoms with van der Waals surface area (Å²) in [6.45, 7) is 7.62. The lowest BCUT2D eigenvalue weighted by atomic mass is 9.88. The number of rotatable bonds is 0. The molecule has 82 valence electrons. The Bertz CT molecular complexity index is 354. The number of likely N-dealkylation sites (N-methyl/N-ethyl adjacent to an activating group) is 1. The van der Waals surface area contributed by atoms with Crippen LogP contribution >= 0.6 is 0 Å². The van der Waals surface area contributed by atoms with Gasteiger partial charge in [0.2, 0.25) is 0 Å². The topological polar surface area (TPSA) is 12.5 Å². The first-order valence-electron chi connectivity index (χ1n) is 5.45. The van der Waals surface area contributed by atoms with Gasteiger partial charge in [-0.3, -0.25) is 0 Å². The lowest BCUT2D eigenvalue weighted by molar-refractivity contribution is 0.0852. The number of fused-ring (bicyclic) bond motifs is 1. The van der Waals surface area contributed by atoms with E-state index in [-0.39, 0.29) is 11.5 Å². The van der Waals surface area contributed by atoms with E-state index in [9.17, 15) is 0 Å². The first-order chi connectivity index (χ1) is 6.98. The van der Waals surface area contributed by atoms with Crippen LogP contribution in [0.5, 0.6) is 5.75 Å². The molecule has 0 fully saturated rings. The number of ether oxygens (including phenoxy) is 1. The molecule has 0 amide bonds. The zero-order valence-electron chi connectivity index (χ0n) is 9.95. The summed E-state index contributed by atoms with van der Waals surface area (Å²) in [7, 11) is 2.13. The second-order valence-electron chi connectivity index (χ2n) is 5.32. The van der Waals surface area contributed by atoms with Gasteiger partial charge < -0.3 is 9.64 Å². The number of anilines is 1. The lowest BCUT2D eigenvalue weighted by Crippen LogP contribution is -2.45. The quantitative estimate of drug-likeness (QED) is 0.645. The summed E-state index contributed by atoms with van der Waals surface area (Å²) in [6.07, 6.45) is 0.261. The molecule has 0 radical (unpaired) electrons. The van der Waals surface area contributed by atoms with E-state index < -0.39 is 0 Å². The molecule has 0 N–H and O–H groups in total. The molecule has 2 rings (SSSR count). The zero-order chi connectivity index (χ0) is 11.1. The molecule has 1 heterocycles. The molecule has 15 heavy (non-hydrogen) atoms. The Balaban J connectivity index is 2.30. The van der Waals surface area contributed by atoms with Crippen molar-refractivity contribution in [2.24, 2.45) is 5.41 Å². The summed E-state index contributed by atoms with van der Waals surface area (Å²) in [6, 6.07) is 8.23. The number of benzene rings is 1. The molecule has 1 aliphatic rings. The zero-order valence-corrected chi connectivity index (χ0v) is 9.95. The Labute approximate surface area is 91.9 Å². The van der Waals surface area contributed by atoms with Gasteiger partial charge in [0, 0.05) is 12.5 Å². The summed E-state index contributed by atoms with van der Waals surface area (Å²) in [5.74, 6) is 1.01. The fraction of sp³-hybridized carbons (Fsp3) is 0.538. The predicted molar refractivity (Wildman–Crippen MR) is 63.6 cm³/mol. The first-order valence-corrected chi connectivity index (χ1v) is 5.45. The summed E-state index contributed by atoms with van der Waals surface area (Å²) in [5, 5.41) is 0. The number of hydrogen-bond donors (Lipinski definition) is 0. The van der Waals surface area contributed by atoms with Crippen LogP contribution in [0.2, 0.25) is 0 Å². The average molecular weight is 205 g/mol. The average Bonchev–Trinajstić information content (AvgIpc) is 2.16. The van der Waals surface area contributed by atoms with Crippen molar-refractivity contribution in [3.8, 4) is 5.75 Å². The molecule has 1 aromatic rings. The van der Waals surface area contributed by atoms with E-state index in [0.717, 1.165) is 12.3 Å². The van der Waals surface area contributed by atoms with E-state index in [0.29, 0.717) is 0 Å². The van der Waals surface area contributed by atoms with Crippen LogP contribution in [-0.2, 0) is 0 Å². The molecule has 1 unspecified atom stereocenters. The highest BCUT2D eigenvalue weighted by atomic mass is 16.5. The number of hydrogen-bond acceptors (Lipinski definition) is 2. The van der Waals surface area contributed by atoms with Crippen LogP contribution in [0.4, 0.5) is 5.69 Å². The standard InChI is InChI=1S/C13H19NO/c1-13(2,3)12-9-14(4)10-7-5-6-8-11(10)15-12/h5-8,12H,9H2,1-4H3. The van der Waals surface area contributed by atoms with Gasteiger partial charge in [0.15, 0.2) is 0 Å². The van der Waals surface area contributed by atoms with Gasteiger partial charge in [-0.15, -0.1) is 0 Å². The maximum Gasteiger partial charge on any atom is 0.143 e. The minimum absolute atomic E-state index is 0.182. The summed E-state index contributed by atoms with van der Waals surface area (Å²) < 4.78 is 6.03. The van der Waals surface area contributed by atoms with Gasteiger partial charge in [-0.05, 0) is 12.1 Å². The molecule has 0 aromatic heterocycles. The van der Waals surface area contributed by atoms with Crippen LogP contribution in [0, 0.1) is 5.41 Å². The highest BCUT2D eigenvalue weighted by Crippen LogP contribution is 2.36. The van der Waals surface area contributed by atoms with Gasteiger partial charge in [0.05, 0.1) is 12.2 Å². The Kier molecular flexibility index (Phi) is 2.37. The summed E-state index contributed by atoms with van der Waals surface area (Å²) >= 11 is 0. The Morgan fingerprint density at radius 3 is 2.60 bits per heavy atom. The van der Waals surface area contributed by atoms with Crippen LogP contribution in [0.1, 0.15) is 20.8 Å². The van der Waals surface area contributed by atoms with E-state index in [1.165, 1.54) is 5.69 Å². The minimum atomic E-state index is 0.182. The van der Waals surface area contributed by atoms with Crippen LogP contribution < -0.4 is 9.64 Å². The fourth-order valence-electron chi connectivity index (χ4n) is 1.86. The van der Waals surface area contributed by atoms with Crippen molar-refractivity contribution in [3.63, 3.8) is 0 Å². The van der Waals surface area contributed by atoms with Crippen LogP contribution in [-0.4, -0.2) is 19.7 Å². The van der Waals surface area contributed by atoms with E-state index in [1.54, 1.807) is 0 Å². The number of nitrogens with zero attached hydrogens (tertiary/aromatic N) is 1. The predicted octanol–water partition coefficient (Wildman–Crippen LogP) is 2.93. The number of para-hydroxylation sites is 2. The van der Waals surface area contributed by atoms with Gasteiger partial charge in [0.1, 0.15) is 11.9 Å². The van der Waals surface area contributed by atoms with Gasteiger partial charge in [0.25, 0.3) is 0 Å². The molecular formula is C13H19NO. The smallest absolute Gasteiger partial charge is 0.143 e. The van der Waals surface area contributed by atoms with Gasteiger partial charge in [-0.25, -0.2) is 0 Å². The van der Waals surface area contributed by atoms with Gasteiger partial charge >= 0.3 is 0 Å². The van der Waals surface area contributed by atoms with Crippen LogP contribution in [0.3, 0.4) is 0 Å². The molecule has 0 aliphatic carbocycles. The maximum atomic E-state index is 6.03. The lowest BCUT2D eigenvalue weighted by Gasteiger charge is -2.40. The largest absolute Gasteiger partial charge is 0.486 e. The maximum absolute atomic E-state index is 6.03. The monoisotopic (exact) mass is 205 g/mol. The van der Waals surface area contributed by atoms with E-state index in [1.807, 2.05) is 12.1 Å². The SMILES string of the molecule is CN1CC(C(C)(C)C)Oc2ccccc21. The van der Waals surface area contributed by atoms with Crippen LogP contribution in [0.15, 0.2) is 24.3 Å². The third-order valence-corrected chi connectivity index (χ3v) is 2.95. The van der Waals surface area contributed by atoms with Crippen LogP contribution in [0.25, 0.3) is 0 Å².